The maximum atomic E-state index is 11.9. The summed E-state index contributed by atoms with van der Waals surface area (Å²) < 4.78 is 0. The molecule has 0 atom stereocenters. The summed E-state index contributed by atoms with van der Waals surface area (Å²) in [6, 6.07) is 7.15. The van der Waals surface area contributed by atoms with E-state index < -0.39 is 11.1 Å². The summed E-state index contributed by atoms with van der Waals surface area (Å²) >= 11 is 5.78. The molecule has 0 aromatic heterocycles. The standard InChI is InChI=1S/C14H20ClNO2/c1-13(2,14(3,4)18)16-12(17)9-10-5-7-11(15)8-6-10/h5-8,18H,9H2,1-4H3,(H,16,17). The van der Waals surface area contributed by atoms with Gasteiger partial charge >= 0.3 is 0 Å². The smallest absolute Gasteiger partial charge is 0.224 e. The highest BCUT2D eigenvalue weighted by molar-refractivity contribution is 6.30. The van der Waals surface area contributed by atoms with Gasteiger partial charge in [0, 0.05) is 5.02 Å². The van der Waals surface area contributed by atoms with Crippen molar-refractivity contribution in [3.05, 3.63) is 34.9 Å². The average Bonchev–Trinajstić information content (AvgIpc) is 2.19. The van der Waals surface area contributed by atoms with Gasteiger partial charge in [0.15, 0.2) is 0 Å². The molecule has 0 aliphatic heterocycles. The Kier molecular flexibility index (Phi) is 4.41. The highest BCUT2D eigenvalue weighted by Gasteiger charge is 2.36. The molecule has 0 fully saturated rings. The van der Waals surface area contributed by atoms with Crippen LogP contribution in [0.25, 0.3) is 0 Å². The number of aliphatic hydroxyl groups is 1. The van der Waals surface area contributed by atoms with Gasteiger partial charge in [0.25, 0.3) is 0 Å². The molecular formula is C14H20ClNO2. The van der Waals surface area contributed by atoms with E-state index in [2.05, 4.69) is 5.32 Å². The van der Waals surface area contributed by atoms with Crippen LogP contribution in [0.4, 0.5) is 0 Å². The Hall–Kier alpha value is -1.06. The van der Waals surface area contributed by atoms with E-state index in [0.717, 1.165) is 5.56 Å². The van der Waals surface area contributed by atoms with E-state index in [1.807, 2.05) is 12.1 Å². The van der Waals surface area contributed by atoms with E-state index in [4.69, 9.17) is 11.6 Å². The second-order valence-electron chi connectivity index (χ2n) is 5.54. The lowest BCUT2D eigenvalue weighted by Crippen LogP contribution is -2.58. The Bertz CT molecular complexity index is 418. The minimum absolute atomic E-state index is 0.121. The molecule has 1 aromatic carbocycles. The minimum atomic E-state index is -0.983. The van der Waals surface area contributed by atoms with Gasteiger partial charge < -0.3 is 10.4 Å². The van der Waals surface area contributed by atoms with E-state index in [0.29, 0.717) is 5.02 Å². The first kappa shape index (κ1) is 15.0. The topological polar surface area (TPSA) is 49.3 Å². The lowest BCUT2D eigenvalue weighted by molar-refractivity contribution is -0.125. The van der Waals surface area contributed by atoms with Crippen LogP contribution in [-0.4, -0.2) is 22.2 Å². The predicted molar refractivity (Wildman–Crippen MR) is 73.7 cm³/mol. The number of amides is 1. The molecule has 0 radical (unpaired) electrons. The molecule has 3 nitrogen and oxygen atoms in total. The van der Waals surface area contributed by atoms with Crippen molar-refractivity contribution < 1.29 is 9.90 Å². The molecule has 0 unspecified atom stereocenters. The van der Waals surface area contributed by atoms with Crippen molar-refractivity contribution in [2.24, 2.45) is 0 Å². The third-order valence-electron chi connectivity index (χ3n) is 3.26. The maximum Gasteiger partial charge on any atom is 0.224 e. The molecule has 1 aromatic rings. The summed E-state index contributed by atoms with van der Waals surface area (Å²) in [5.74, 6) is -0.121. The van der Waals surface area contributed by atoms with Gasteiger partial charge in [-0.25, -0.2) is 0 Å². The molecule has 2 N–H and O–H groups in total. The van der Waals surface area contributed by atoms with Crippen molar-refractivity contribution in [2.45, 2.75) is 45.3 Å². The Labute approximate surface area is 113 Å². The average molecular weight is 270 g/mol. The van der Waals surface area contributed by atoms with E-state index in [1.165, 1.54) is 0 Å². The molecule has 4 heteroatoms. The van der Waals surface area contributed by atoms with Gasteiger partial charge in [0.1, 0.15) is 0 Å². The van der Waals surface area contributed by atoms with Crippen LogP contribution in [0.3, 0.4) is 0 Å². The third kappa shape index (κ3) is 4.00. The van der Waals surface area contributed by atoms with Crippen LogP contribution in [0.2, 0.25) is 5.02 Å². The fourth-order valence-corrected chi connectivity index (χ4v) is 1.46. The Morgan fingerprint density at radius 2 is 1.72 bits per heavy atom. The Morgan fingerprint density at radius 1 is 1.22 bits per heavy atom. The lowest BCUT2D eigenvalue weighted by Gasteiger charge is -2.38. The van der Waals surface area contributed by atoms with Crippen LogP contribution < -0.4 is 5.32 Å². The first-order chi connectivity index (χ1) is 8.12. The van der Waals surface area contributed by atoms with Crippen LogP contribution in [0.1, 0.15) is 33.3 Å². The predicted octanol–water partition coefficient (Wildman–Crippen LogP) is 2.55. The van der Waals surface area contributed by atoms with Crippen molar-refractivity contribution in [3.8, 4) is 0 Å². The van der Waals surface area contributed by atoms with E-state index in [9.17, 15) is 9.90 Å². The van der Waals surface area contributed by atoms with Gasteiger partial charge in [-0.05, 0) is 45.4 Å². The van der Waals surface area contributed by atoms with Gasteiger partial charge in [-0.2, -0.15) is 0 Å². The van der Waals surface area contributed by atoms with Crippen LogP contribution in [0.15, 0.2) is 24.3 Å². The quantitative estimate of drug-likeness (QED) is 0.883. The molecular weight excluding hydrogens is 250 g/mol. The van der Waals surface area contributed by atoms with E-state index in [-0.39, 0.29) is 12.3 Å². The summed E-state index contributed by atoms with van der Waals surface area (Å²) in [5, 5.41) is 13.5. The van der Waals surface area contributed by atoms with Crippen molar-refractivity contribution in [3.63, 3.8) is 0 Å². The molecule has 18 heavy (non-hydrogen) atoms. The van der Waals surface area contributed by atoms with Crippen LogP contribution in [0.5, 0.6) is 0 Å². The van der Waals surface area contributed by atoms with Crippen molar-refractivity contribution in [1.82, 2.24) is 5.32 Å². The summed E-state index contributed by atoms with van der Waals surface area (Å²) in [4.78, 5) is 11.9. The molecule has 1 amide bonds. The second kappa shape index (κ2) is 5.29. The van der Waals surface area contributed by atoms with Crippen LogP contribution in [-0.2, 0) is 11.2 Å². The molecule has 0 saturated heterocycles. The number of halogens is 1. The molecule has 1 rings (SSSR count). The molecule has 100 valence electrons. The fraction of sp³-hybridized carbons (Fsp3) is 0.500. The number of benzene rings is 1. The fourth-order valence-electron chi connectivity index (χ4n) is 1.33. The molecule has 0 spiro atoms. The summed E-state index contributed by atoms with van der Waals surface area (Å²) in [6.45, 7) is 6.95. The molecule has 0 heterocycles. The first-order valence-electron chi connectivity index (χ1n) is 5.90. The minimum Gasteiger partial charge on any atom is -0.388 e. The monoisotopic (exact) mass is 269 g/mol. The molecule has 0 bridgehead atoms. The Balaban J connectivity index is 2.65. The summed E-state index contributed by atoms with van der Waals surface area (Å²) in [5.41, 5.74) is -0.775. The number of nitrogens with one attached hydrogen (secondary N) is 1. The van der Waals surface area contributed by atoms with Crippen molar-refractivity contribution in [1.29, 1.82) is 0 Å². The lowest BCUT2D eigenvalue weighted by atomic mass is 9.86. The summed E-state index contributed by atoms with van der Waals surface area (Å²) in [6.07, 6.45) is 0.274. The number of hydrogen-bond donors (Lipinski definition) is 2. The first-order valence-corrected chi connectivity index (χ1v) is 6.27. The highest BCUT2D eigenvalue weighted by atomic mass is 35.5. The van der Waals surface area contributed by atoms with Crippen molar-refractivity contribution in [2.75, 3.05) is 0 Å². The molecule has 0 aliphatic carbocycles. The van der Waals surface area contributed by atoms with Gasteiger partial charge in [0.05, 0.1) is 17.6 Å². The molecule has 0 saturated carbocycles. The van der Waals surface area contributed by atoms with Gasteiger partial charge in [0.2, 0.25) is 5.91 Å². The summed E-state index contributed by atoms with van der Waals surface area (Å²) in [7, 11) is 0. The van der Waals surface area contributed by atoms with E-state index in [1.54, 1.807) is 39.8 Å². The zero-order valence-electron chi connectivity index (χ0n) is 11.2. The van der Waals surface area contributed by atoms with Gasteiger partial charge in [-0.1, -0.05) is 23.7 Å². The van der Waals surface area contributed by atoms with Crippen molar-refractivity contribution >= 4 is 17.5 Å². The number of carbonyl (C=O) groups is 1. The Morgan fingerprint density at radius 3 is 2.17 bits per heavy atom. The SMILES string of the molecule is CC(C)(O)C(C)(C)NC(=O)Cc1ccc(Cl)cc1. The number of rotatable bonds is 4. The normalized spacial score (nSPS) is 12.3. The number of carbonyl (C=O) groups excluding carboxylic acids is 1. The second-order valence-corrected chi connectivity index (χ2v) is 5.97. The third-order valence-corrected chi connectivity index (χ3v) is 3.51. The largest absolute Gasteiger partial charge is 0.388 e. The van der Waals surface area contributed by atoms with Crippen LogP contribution >= 0.6 is 11.6 Å². The van der Waals surface area contributed by atoms with Crippen LogP contribution in [0, 0.1) is 0 Å². The number of hydrogen-bond acceptors (Lipinski definition) is 2. The zero-order valence-corrected chi connectivity index (χ0v) is 12.0. The zero-order chi connectivity index (χ0) is 14.0. The van der Waals surface area contributed by atoms with Gasteiger partial charge in [-0.15, -0.1) is 0 Å². The molecule has 0 aliphatic rings. The highest BCUT2D eigenvalue weighted by Crippen LogP contribution is 2.20. The van der Waals surface area contributed by atoms with Gasteiger partial charge in [-0.3, -0.25) is 4.79 Å². The maximum absolute atomic E-state index is 11.9. The van der Waals surface area contributed by atoms with E-state index >= 15 is 0 Å².